The van der Waals surface area contributed by atoms with Crippen molar-refractivity contribution in [2.75, 3.05) is 7.05 Å². The second kappa shape index (κ2) is 8.16. The number of para-hydroxylation sites is 2. The van der Waals surface area contributed by atoms with Gasteiger partial charge in [-0.3, -0.25) is 4.99 Å². The molecule has 3 aromatic rings. The van der Waals surface area contributed by atoms with E-state index < -0.39 is 0 Å². The summed E-state index contributed by atoms with van der Waals surface area (Å²) in [5.41, 5.74) is 3.13. The zero-order valence-electron chi connectivity index (χ0n) is 16.5. The SMILES string of the molecule is CN=C(NCc1cc2ccccc2[nH]1)NCc1ccccc1OC(C)(C)C. The minimum Gasteiger partial charge on any atom is -0.488 e. The largest absolute Gasteiger partial charge is 0.488 e. The van der Waals surface area contributed by atoms with Gasteiger partial charge in [0.15, 0.2) is 5.96 Å². The zero-order chi connectivity index (χ0) is 19.3. The minimum atomic E-state index is -0.231. The topological polar surface area (TPSA) is 61.4 Å². The van der Waals surface area contributed by atoms with Gasteiger partial charge in [-0.25, -0.2) is 0 Å². The highest BCUT2D eigenvalue weighted by atomic mass is 16.5. The zero-order valence-corrected chi connectivity index (χ0v) is 16.5. The van der Waals surface area contributed by atoms with Gasteiger partial charge >= 0.3 is 0 Å². The van der Waals surface area contributed by atoms with Crippen molar-refractivity contribution in [3.05, 3.63) is 65.9 Å². The van der Waals surface area contributed by atoms with E-state index in [1.807, 2.05) is 30.3 Å². The summed E-state index contributed by atoms with van der Waals surface area (Å²) >= 11 is 0. The molecule has 0 radical (unpaired) electrons. The predicted octanol–water partition coefficient (Wildman–Crippen LogP) is 4.21. The number of aromatic amines is 1. The number of aromatic nitrogens is 1. The van der Waals surface area contributed by atoms with Crippen LogP contribution in [0.3, 0.4) is 0 Å². The lowest BCUT2D eigenvalue weighted by Gasteiger charge is -2.23. The molecule has 5 heteroatoms. The van der Waals surface area contributed by atoms with Crippen LogP contribution in [-0.4, -0.2) is 23.6 Å². The summed E-state index contributed by atoms with van der Waals surface area (Å²) < 4.78 is 6.06. The van der Waals surface area contributed by atoms with Crippen LogP contribution >= 0.6 is 0 Å². The molecule has 1 aromatic heterocycles. The van der Waals surface area contributed by atoms with Crippen molar-refractivity contribution in [1.82, 2.24) is 15.6 Å². The lowest BCUT2D eigenvalue weighted by Crippen LogP contribution is -2.36. The number of nitrogens with zero attached hydrogens (tertiary/aromatic N) is 1. The number of hydrogen-bond donors (Lipinski definition) is 3. The quantitative estimate of drug-likeness (QED) is 0.469. The Labute approximate surface area is 160 Å². The van der Waals surface area contributed by atoms with Crippen molar-refractivity contribution in [2.24, 2.45) is 4.99 Å². The highest BCUT2D eigenvalue weighted by molar-refractivity contribution is 5.81. The maximum absolute atomic E-state index is 6.06. The molecule has 3 rings (SSSR count). The number of rotatable bonds is 5. The summed E-state index contributed by atoms with van der Waals surface area (Å²) in [6, 6.07) is 18.5. The molecule has 0 bridgehead atoms. The second-order valence-electron chi connectivity index (χ2n) is 7.48. The third-order valence-electron chi connectivity index (χ3n) is 4.09. The smallest absolute Gasteiger partial charge is 0.191 e. The predicted molar refractivity (Wildman–Crippen MR) is 112 cm³/mol. The molecule has 27 heavy (non-hydrogen) atoms. The van der Waals surface area contributed by atoms with Crippen LogP contribution in [0.2, 0.25) is 0 Å². The van der Waals surface area contributed by atoms with Crippen molar-refractivity contribution in [3.8, 4) is 5.75 Å². The number of ether oxygens (including phenoxy) is 1. The van der Waals surface area contributed by atoms with E-state index in [1.165, 1.54) is 5.39 Å². The molecule has 0 unspecified atom stereocenters. The molecule has 0 aliphatic rings. The molecule has 5 nitrogen and oxygen atoms in total. The van der Waals surface area contributed by atoms with E-state index in [1.54, 1.807) is 7.05 Å². The van der Waals surface area contributed by atoms with E-state index >= 15 is 0 Å². The Kier molecular flexibility index (Phi) is 5.69. The molecule has 2 aromatic carbocycles. The minimum absolute atomic E-state index is 0.231. The van der Waals surface area contributed by atoms with E-state index in [9.17, 15) is 0 Å². The van der Waals surface area contributed by atoms with E-state index in [-0.39, 0.29) is 5.60 Å². The molecule has 0 atom stereocenters. The van der Waals surface area contributed by atoms with Gasteiger partial charge in [-0.2, -0.15) is 0 Å². The van der Waals surface area contributed by atoms with Crippen LogP contribution in [-0.2, 0) is 13.1 Å². The maximum atomic E-state index is 6.06. The maximum Gasteiger partial charge on any atom is 0.191 e. The van der Waals surface area contributed by atoms with Gasteiger partial charge in [0.2, 0.25) is 0 Å². The summed E-state index contributed by atoms with van der Waals surface area (Å²) in [5, 5.41) is 7.93. The van der Waals surface area contributed by atoms with Crippen LogP contribution in [0.5, 0.6) is 5.75 Å². The monoisotopic (exact) mass is 364 g/mol. The first-order valence-electron chi connectivity index (χ1n) is 9.23. The molecule has 1 heterocycles. The van der Waals surface area contributed by atoms with Crippen LogP contribution in [0.15, 0.2) is 59.6 Å². The molecule has 0 spiro atoms. The van der Waals surface area contributed by atoms with E-state index in [4.69, 9.17) is 4.74 Å². The second-order valence-corrected chi connectivity index (χ2v) is 7.48. The first kappa shape index (κ1) is 18.8. The Balaban J connectivity index is 1.60. The van der Waals surface area contributed by atoms with Crippen molar-refractivity contribution >= 4 is 16.9 Å². The van der Waals surface area contributed by atoms with Crippen LogP contribution in [0.25, 0.3) is 10.9 Å². The van der Waals surface area contributed by atoms with Crippen LogP contribution < -0.4 is 15.4 Å². The number of nitrogens with one attached hydrogen (secondary N) is 3. The third kappa shape index (κ3) is 5.26. The van der Waals surface area contributed by atoms with E-state index in [0.29, 0.717) is 13.1 Å². The lowest BCUT2D eigenvalue weighted by molar-refractivity contribution is 0.129. The highest BCUT2D eigenvalue weighted by Crippen LogP contribution is 2.22. The molecule has 0 amide bonds. The van der Waals surface area contributed by atoms with Gasteiger partial charge in [-0.05, 0) is 44.4 Å². The number of guanidine groups is 1. The van der Waals surface area contributed by atoms with Crippen LogP contribution in [0.4, 0.5) is 0 Å². The molecule has 0 saturated heterocycles. The Morgan fingerprint density at radius 1 is 1.00 bits per heavy atom. The number of benzene rings is 2. The van der Waals surface area contributed by atoms with Crippen molar-refractivity contribution in [3.63, 3.8) is 0 Å². The fraction of sp³-hybridized carbons (Fsp3) is 0.318. The molecule has 3 N–H and O–H groups in total. The third-order valence-corrected chi connectivity index (χ3v) is 4.09. The Hall–Kier alpha value is -2.95. The fourth-order valence-electron chi connectivity index (χ4n) is 2.89. The summed E-state index contributed by atoms with van der Waals surface area (Å²) in [4.78, 5) is 7.73. The molecule has 0 saturated carbocycles. The van der Waals surface area contributed by atoms with Crippen LogP contribution in [0.1, 0.15) is 32.0 Å². The van der Waals surface area contributed by atoms with Gasteiger partial charge in [0.05, 0.1) is 6.54 Å². The number of fused-ring (bicyclic) bond motifs is 1. The number of hydrogen-bond acceptors (Lipinski definition) is 2. The van der Waals surface area contributed by atoms with Crippen molar-refractivity contribution in [1.29, 1.82) is 0 Å². The average molecular weight is 364 g/mol. The molecular weight excluding hydrogens is 336 g/mol. The van der Waals surface area contributed by atoms with E-state index in [2.05, 4.69) is 65.6 Å². The standard InChI is InChI=1S/C22H28N4O/c1-22(2,3)27-20-12-8-6-10-17(20)14-24-21(23-4)25-15-18-13-16-9-5-7-11-19(16)26-18/h5-13,26H,14-15H2,1-4H3,(H2,23,24,25). The van der Waals surface area contributed by atoms with Gasteiger partial charge in [0.1, 0.15) is 11.4 Å². The molecule has 0 fully saturated rings. The van der Waals surface area contributed by atoms with Gasteiger partial charge in [-0.15, -0.1) is 0 Å². The van der Waals surface area contributed by atoms with Gasteiger partial charge in [0, 0.05) is 30.4 Å². The lowest BCUT2D eigenvalue weighted by atomic mass is 10.1. The first-order chi connectivity index (χ1) is 12.9. The summed E-state index contributed by atoms with van der Waals surface area (Å²) in [5.74, 6) is 1.64. The number of H-pyrrole nitrogens is 1. The number of aliphatic imine (C=N–C) groups is 1. The fourth-order valence-corrected chi connectivity index (χ4v) is 2.89. The van der Waals surface area contributed by atoms with E-state index in [0.717, 1.165) is 28.5 Å². The molecule has 0 aliphatic heterocycles. The Bertz CT molecular complexity index is 888. The normalized spacial score (nSPS) is 12.2. The van der Waals surface area contributed by atoms with Gasteiger partial charge in [0.25, 0.3) is 0 Å². The Morgan fingerprint density at radius 2 is 1.70 bits per heavy atom. The van der Waals surface area contributed by atoms with Gasteiger partial charge in [-0.1, -0.05) is 36.4 Å². The summed E-state index contributed by atoms with van der Waals surface area (Å²) in [6.07, 6.45) is 0. The molecular formula is C22H28N4O. The summed E-state index contributed by atoms with van der Waals surface area (Å²) in [6.45, 7) is 7.47. The molecule has 0 aliphatic carbocycles. The first-order valence-corrected chi connectivity index (χ1v) is 9.23. The Morgan fingerprint density at radius 3 is 2.44 bits per heavy atom. The van der Waals surface area contributed by atoms with Crippen molar-refractivity contribution in [2.45, 2.75) is 39.5 Å². The molecule has 142 valence electrons. The van der Waals surface area contributed by atoms with Gasteiger partial charge < -0.3 is 20.4 Å². The average Bonchev–Trinajstić information content (AvgIpc) is 3.04. The highest BCUT2D eigenvalue weighted by Gasteiger charge is 2.14. The van der Waals surface area contributed by atoms with Crippen LogP contribution in [0, 0.1) is 0 Å². The van der Waals surface area contributed by atoms with Crippen molar-refractivity contribution < 1.29 is 4.74 Å². The summed E-state index contributed by atoms with van der Waals surface area (Å²) in [7, 11) is 1.78.